The van der Waals surface area contributed by atoms with Gasteiger partial charge in [-0.15, -0.1) is 0 Å². The van der Waals surface area contributed by atoms with Crippen LogP contribution in [0.25, 0.3) is 0 Å². The molecular weight excluding hydrogens is 603 g/mol. The van der Waals surface area contributed by atoms with E-state index in [2.05, 4.69) is 67.0 Å². The molecule has 0 heterocycles. The molecule has 0 aliphatic carbocycles. The van der Waals surface area contributed by atoms with Crippen molar-refractivity contribution in [2.24, 2.45) is 0 Å². The molecule has 0 fully saturated rings. The first-order valence-corrected chi connectivity index (χ1v) is 19.5. The molecule has 0 rings (SSSR count). The van der Waals surface area contributed by atoms with E-state index in [1.54, 1.807) is 0 Å². The number of allylic oxidation sites excluding steroid dienone is 8. The molecule has 2 N–H and O–H groups in total. The van der Waals surface area contributed by atoms with Gasteiger partial charge in [0.2, 0.25) is 0 Å². The van der Waals surface area contributed by atoms with Gasteiger partial charge in [-0.1, -0.05) is 120 Å². The average molecular weight is 669 g/mol. The van der Waals surface area contributed by atoms with E-state index >= 15 is 0 Å². The molecular formula is C37H65O8P. The van der Waals surface area contributed by atoms with Gasteiger partial charge in [0, 0.05) is 12.8 Å². The van der Waals surface area contributed by atoms with Crippen molar-refractivity contribution in [3.8, 4) is 0 Å². The minimum absolute atomic E-state index is 0.186. The standard InChI is InChI=1S/C37H65O8P/c1-3-5-7-9-11-13-15-17-18-20-21-23-25-27-29-31-36(38)43-33-35(34-44-46(40,41)42)45-37(39)32-30-28-26-24-22-19-16-14-12-10-8-6-4-2/h5,7,11,13,17-19,22,35H,3-4,6,8-10,12,14-16,20-21,23-34H2,1-2H3,(H2,40,41,42)/b7-5+,13-11+,18-17+,22-19+/t35-/m1/s1. The lowest BCUT2D eigenvalue weighted by Crippen LogP contribution is -2.29. The van der Waals surface area contributed by atoms with E-state index in [4.69, 9.17) is 19.3 Å². The number of carbonyl (C=O) groups is 2. The van der Waals surface area contributed by atoms with Gasteiger partial charge >= 0.3 is 19.8 Å². The van der Waals surface area contributed by atoms with Gasteiger partial charge in [-0.25, -0.2) is 4.57 Å². The summed E-state index contributed by atoms with van der Waals surface area (Å²) in [6.45, 7) is 3.51. The van der Waals surface area contributed by atoms with Gasteiger partial charge in [-0.2, -0.15) is 0 Å². The van der Waals surface area contributed by atoms with Crippen molar-refractivity contribution in [2.45, 2.75) is 161 Å². The Morgan fingerprint density at radius 3 is 1.61 bits per heavy atom. The second-order valence-corrected chi connectivity index (χ2v) is 13.0. The molecule has 0 aromatic carbocycles. The van der Waals surface area contributed by atoms with Crippen LogP contribution >= 0.6 is 7.82 Å². The van der Waals surface area contributed by atoms with Crippen LogP contribution in [-0.2, 0) is 28.2 Å². The smallest absolute Gasteiger partial charge is 0.462 e. The van der Waals surface area contributed by atoms with Crippen LogP contribution in [0.5, 0.6) is 0 Å². The lowest BCUT2D eigenvalue weighted by atomic mass is 10.1. The molecule has 0 unspecified atom stereocenters. The molecule has 8 nitrogen and oxygen atoms in total. The summed E-state index contributed by atoms with van der Waals surface area (Å²) in [7, 11) is -4.76. The summed E-state index contributed by atoms with van der Waals surface area (Å²) in [4.78, 5) is 42.6. The first kappa shape index (κ1) is 44.0. The van der Waals surface area contributed by atoms with Crippen LogP contribution in [0.4, 0.5) is 0 Å². The van der Waals surface area contributed by atoms with Crippen molar-refractivity contribution in [2.75, 3.05) is 13.2 Å². The Morgan fingerprint density at radius 2 is 1.04 bits per heavy atom. The van der Waals surface area contributed by atoms with E-state index in [0.717, 1.165) is 77.0 Å². The van der Waals surface area contributed by atoms with Crippen molar-refractivity contribution in [3.05, 3.63) is 48.6 Å². The Morgan fingerprint density at radius 1 is 0.587 bits per heavy atom. The van der Waals surface area contributed by atoms with Crippen LogP contribution in [0.15, 0.2) is 48.6 Å². The van der Waals surface area contributed by atoms with Gasteiger partial charge in [0.25, 0.3) is 0 Å². The summed E-state index contributed by atoms with van der Waals surface area (Å²) in [5.41, 5.74) is 0. The van der Waals surface area contributed by atoms with Crippen LogP contribution in [-0.4, -0.2) is 41.0 Å². The highest BCUT2D eigenvalue weighted by Gasteiger charge is 2.22. The fourth-order valence-electron chi connectivity index (χ4n) is 4.67. The van der Waals surface area contributed by atoms with Crippen molar-refractivity contribution in [1.29, 1.82) is 0 Å². The van der Waals surface area contributed by atoms with Crippen LogP contribution in [0.2, 0.25) is 0 Å². The second-order valence-electron chi connectivity index (χ2n) is 11.8. The highest BCUT2D eigenvalue weighted by atomic mass is 31.2. The third-order valence-corrected chi connectivity index (χ3v) is 7.82. The first-order chi connectivity index (χ1) is 22.3. The summed E-state index contributed by atoms with van der Waals surface area (Å²) in [5, 5.41) is 0. The van der Waals surface area contributed by atoms with Crippen molar-refractivity contribution >= 4 is 19.8 Å². The van der Waals surface area contributed by atoms with E-state index in [0.29, 0.717) is 12.8 Å². The predicted molar refractivity (Wildman–Crippen MR) is 188 cm³/mol. The average Bonchev–Trinajstić information content (AvgIpc) is 3.02. The third-order valence-electron chi connectivity index (χ3n) is 7.33. The topological polar surface area (TPSA) is 119 Å². The summed E-state index contributed by atoms with van der Waals surface area (Å²) >= 11 is 0. The number of unbranched alkanes of at least 4 members (excludes halogenated alkanes) is 14. The molecule has 0 aliphatic rings. The van der Waals surface area contributed by atoms with Gasteiger partial charge in [-0.05, 0) is 70.6 Å². The number of rotatable bonds is 32. The summed E-state index contributed by atoms with van der Waals surface area (Å²) in [5.74, 6) is -0.928. The Bertz CT molecular complexity index is 890. The molecule has 1 atom stereocenters. The molecule has 0 saturated carbocycles. The van der Waals surface area contributed by atoms with Crippen molar-refractivity contribution in [1.82, 2.24) is 0 Å². The zero-order chi connectivity index (χ0) is 34.0. The van der Waals surface area contributed by atoms with Crippen molar-refractivity contribution < 1.29 is 37.9 Å². The van der Waals surface area contributed by atoms with E-state index in [1.807, 2.05) is 0 Å². The second kappa shape index (κ2) is 32.9. The predicted octanol–water partition coefficient (Wildman–Crippen LogP) is 10.4. The normalized spacial score (nSPS) is 13.0. The van der Waals surface area contributed by atoms with E-state index in [-0.39, 0.29) is 19.4 Å². The van der Waals surface area contributed by atoms with Crippen LogP contribution in [0.3, 0.4) is 0 Å². The molecule has 0 aromatic heterocycles. The molecule has 0 amide bonds. The van der Waals surface area contributed by atoms with Gasteiger partial charge in [0.1, 0.15) is 6.61 Å². The number of carbonyl (C=O) groups excluding carboxylic acids is 2. The maximum Gasteiger partial charge on any atom is 0.469 e. The van der Waals surface area contributed by atoms with E-state index < -0.39 is 32.5 Å². The quantitative estimate of drug-likeness (QED) is 0.0315. The Labute approximate surface area is 280 Å². The molecule has 266 valence electrons. The lowest BCUT2D eigenvalue weighted by molar-refractivity contribution is -0.161. The first-order valence-electron chi connectivity index (χ1n) is 17.9. The van der Waals surface area contributed by atoms with Crippen LogP contribution in [0.1, 0.15) is 155 Å². The maximum atomic E-state index is 12.3. The van der Waals surface area contributed by atoms with Crippen LogP contribution < -0.4 is 0 Å². The fourth-order valence-corrected chi connectivity index (χ4v) is 5.03. The highest BCUT2D eigenvalue weighted by molar-refractivity contribution is 7.46. The van der Waals surface area contributed by atoms with Gasteiger partial charge in [0.05, 0.1) is 6.61 Å². The largest absolute Gasteiger partial charge is 0.469 e. The summed E-state index contributed by atoms with van der Waals surface area (Å²) in [6, 6.07) is 0. The number of ether oxygens (including phenoxy) is 2. The monoisotopic (exact) mass is 668 g/mol. The Kier molecular flexibility index (Phi) is 31.5. The summed E-state index contributed by atoms with van der Waals surface area (Å²) in [6.07, 6.45) is 38.3. The molecule has 0 aromatic rings. The molecule has 0 spiro atoms. The van der Waals surface area contributed by atoms with Crippen molar-refractivity contribution in [3.63, 3.8) is 0 Å². The SMILES string of the molecule is CC/C=C/C/C=C/C/C=C/CCCCCCCC(=O)OC[C@H](COP(=O)(O)O)OC(=O)CCCCC/C=C/CCCCCCCC. The number of phosphoric ester groups is 1. The number of hydrogen-bond acceptors (Lipinski definition) is 6. The molecule has 0 saturated heterocycles. The highest BCUT2D eigenvalue weighted by Crippen LogP contribution is 2.35. The van der Waals surface area contributed by atoms with E-state index in [9.17, 15) is 14.2 Å². The van der Waals surface area contributed by atoms with Crippen LogP contribution in [0, 0.1) is 0 Å². The Hall–Kier alpha value is -1.99. The zero-order valence-electron chi connectivity index (χ0n) is 29.0. The number of phosphoric acid groups is 1. The lowest BCUT2D eigenvalue weighted by Gasteiger charge is -2.18. The summed E-state index contributed by atoms with van der Waals surface area (Å²) < 4.78 is 26.2. The number of esters is 2. The minimum atomic E-state index is -4.76. The molecule has 46 heavy (non-hydrogen) atoms. The third kappa shape index (κ3) is 34.9. The van der Waals surface area contributed by atoms with Gasteiger partial charge < -0.3 is 19.3 Å². The van der Waals surface area contributed by atoms with Gasteiger partial charge in [-0.3, -0.25) is 14.1 Å². The maximum absolute atomic E-state index is 12.3. The fraction of sp³-hybridized carbons (Fsp3) is 0.730. The zero-order valence-corrected chi connectivity index (χ0v) is 29.9. The Balaban J connectivity index is 4.05. The molecule has 9 heteroatoms. The molecule has 0 aliphatic heterocycles. The van der Waals surface area contributed by atoms with Gasteiger partial charge in [0.15, 0.2) is 6.10 Å². The minimum Gasteiger partial charge on any atom is -0.462 e. The van der Waals surface area contributed by atoms with E-state index in [1.165, 1.54) is 38.5 Å². The molecule has 0 bridgehead atoms. The molecule has 0 radical (unpaired) electrons. The number of hydrogen-bond donors (Lipinski definition) is 2.